The van der Waals surface area contributed by atoms with Gasteiger partial charge in [-0.1, -0.05) is 39.0 Å². The molecule has 1 aromatic heterocycles. The third kappa shape index (κ3) is 5.55. The van der Waals surface area contributed by atoms with Crippen LogP contribution >= 0.6 is 0 Å². The monoisotopic (exact) mass is 429 g/mol. The summed E-state index contributed by atoms with van der Waals surface area (Å²) in [6, 6.07) is 19.8. The van der Waals surface area contributed by atoms with Crippen molar-refractivity contribution in [3.63, 3.8) is 0 Å². The second kappa shape index (κ2) is 9.40. The standard InChI is InChI=1S/C25H27N5O2/c1-25(2,3)20-8-6-7-9-22(20)32-23-21(15-12-18(16-26)27-23)29-24(31)28-17-10-13-19(14-11-17)30(4)5/h6-15H,1-5H3,(H2,28,29,31). The number of pyridine rings is 1. The maximum absolute atomic E-state index is 12.6. The van der Waals surface area contributed by atoms with E-state index >= 15 is 0 Å². The SMILES string of the molecule is CN(C)c1ccc(NC(=O)Nc2ccc(C#N)nc2Oc2ccccc2C(C)(C)C)cc1. The predicted octanol–water partition coefficient (Wildman–Crippen LogP) is 5.75. The third-order valence-corrected chi connectivity index (χ3v) is 4.77. The van der Waals surface area contributed by atoms with Crippen LogP contribution in [0.25, 0.3) is 0 Å². The maximum atomic E-state index is 12.6. The normalized spacial score (nSPS) is 10.8. The highest BCUT2D eigenvalue weighted by atomic mass is 16.5. The second-order valence-electron chi connectivity index (χ2n) is 8.53. The van der Waals surface area contributed by atoms with Crippen molar-refractivity contribution in [1.29, 1.82) is 5.26 Å². The number of ether oxygens (including phenoxy) is 1. The number of nitriles is 1. The van der Waals surface area contributed by atoms with Crippen molar-refractivity contribution in [2.45, 2.75) is 26.2 Å². The largest absolute Gasteiger partial charge is 0.437 e. The van der Waals surface area contributed by atoms with Gasteiger partial charge in [0.15, 0.2) is 0 Å². The molecule has 1 heterocycles. The van der Waals surface area contributed by atoms with Gasteiger partial charge in [0.2, 0.25) is 5.88 Å². The number of anilines is 3. The molecule has 3 aromatic rings. The molecule has 0 unspecified atom stereocenters. The highest BCUT2D eigenvalue weighted by Gasteiger charge is 2.20. The van der Waals surface area contributed by atoms with Crippen LogP contribution in [0.5, 0.6) is 11.6 Å². The Balaban J connectivity index is 1.84. The molecule has 2 aromatic carbocycles. The van der Waals surface area contributed by atoms with Crippen LogP contribution < -0.4 is 20.3 Å². The molecule has 0 aliphatic heterocycles. The fourth-order valence-corrected chi connectivity index (χ4v) is 3.08. The summed E-state index contributed by atoms with van der Waals surface area (Å²) < 4.78 is 6.09. The molecular formula is C25H27N5O2. The summed E-state index contributed by atoms with van der Waals surface area (Å²) in [5.41, 5.74) is 3.05. The van der Waals surface area contributed by atoms with Crippen LogP contribution in [0.15, 0.2) is 60.7 Å². The van der Waals surface area contributed by atoms with E-state index in [0.29, 0.717) is 17.1 Å². The van der Waals surface area contributed by atoms with Crippen molar-refractivity contribution in [2.75, 3.05) is 29.6 Å². The van der Waals surface area contributed by atoms with Gasteiger partial charge in [-0.05, 0) is 47.9 Å². The number of urea groups is 1. The summed E-state index contributed by atoms with van der Waals surface area (Å²) >= 11 is 0. The summed E-state index contributed by atoms with van der Waals surface area (Å²) in [6.45, 7) is 6.26. The molecule has 0 aliphatic carbocycles. The predicted molar refractivity (Wildman–Crippen MR) is 128 cm³/mol. The van der Waals surface area contributed by atoms with Crippen molar-refractivity contribution < 1.29 is 9.53 Å². The molecule has 0 radical (unpaired) electrons. The van der Waals surface area contributed by atoms with E-state index in [9.17, 15) is 10.1 Å². The van der Waals surface area contributed by atoms with E-state index in [1.165, 1.54) is 6.07 Å². The maximum Gasteiger partial charge on any atom is 0.323 e. The Kier molecular flexibility index (Phi) is 6.64. The molecule has 0 aliphatic rings. The van der Waals surface area contributed by atoms with Gasteiger partial charge in [-0.2, -0.15) is 5.26 Å². The number of hydrogen-bond acceptors (Lipinski definition) is 5. The Labute approximate surface area is 188 Å². The first-order valence-electron chi connectivity index (χ1n) is 10.2. The fourth-order valence-electron chi connectivity index (χ4n) is 3.08. The molecule has 2 N–H and O–H groups in total. The molecular weight excluding hydrogens is 402 g/mol. The van der Waals surface area contributed by atoms with Crippen molar-refractivity contribution in [1.82, 2.24) is 4.98 Å². The molecule has 0 saturated carbocycles. The average Bonchev–Trinajstić information content (AvgIpc) is 2.75. The van der Waals surface area contributed by atoms with Crippen LogP contribution in [0, 0.1) is 11.3 Å². The van der Waals surface area contributed by atoms with Gasteiger partial charge < -0.3 is 20.3 Å². The number of amides is 2. The number of rotatable bonds is 5. The number of benzene rings is 2. The van der Waals surface area contributed by atoms with Crippen LogP contribution in [0.4, 0.5) is 21.9 Å². The van der Waals surface area contributed by atoms with Crippen LogP contribution in [-0.4, -0.2) is 25.1 Å². The van der Waals surface area contributed by atoms with Gasteiger partial charge in [0.25, 0.3) is 0 Å². The minimum absolute atomic E-state index is 0.152. The molecule has 0 spiro atoms. The van der Waals surface area contributed by atoms with Crippen LogP contribution in [0.3, 0.4) is 0 Å². The highest BCUT2D eigenvalue weighted by Crippen LogP contribution is 2.35. The number of nitrogens with one attached hydrogen (secondary N) is 2. The lowest BCUT2D eigenvalue weighted by molar-refractivity contribution is 0.262. The molecule has 0 atom stereocenters. The Morgan fingerprint density at radius 3 is 2.31 bits per heavy atom. The highest BCUT2D eigenvalue weighted by molar-refractivity contribution is 6.00. The summed E-state index contributed by atoms with van der Waals surface area (Å²) in [4.78, 5) is 18.9. The number of aromatic nitrogens is 1. The second-order valence-corrected chi connectivity index (χ2v) is 8.53. The van der Waals surface area contributed by atoms with E-state index in [2.05, 4.69) is 36.4 Å². The van der Waals surface area contributed by atoms with E-state index in [-0.39, 0.29) is 17.0 Å². The molecule has 7 heteroatoms. The number of para-hydroxylation sites is 1. The van der Waals surface area contributed by atoms with Gasteiger partial charge in [-0.3, -0.25) is 0 Å². The van der Waals surface area contributed by atoms with Crippen LogP contribution in [0.1, 0.15) is 32.0 Å². The lowest BCUT2D eigenvalue weighted by Gasteiger charge is -2.22. The molecule has 3 rings (SSSR count). The molecule has 0 saturated heterocycles. The van der Waals surface area contributed by atoms with Crippen molar-refractivity contribution in [3.05, 3.63) is 71.9 Å². The molecule has 0 bridgehead atoms. The summed E-state index contributed by atoms with van der Waals surface area (Å²) in [7, 11) is 3.90. The molecule has 164 valence electrons. The first kappa shape index (κ1) is 22.6. The Morgan fingerprint density at radius 2 is 1.69 bits per heavy atom. The minimum atomic E-state index is -0.442. The Bertz CT molecular complexity index is 1140. The van der Waals surface area contributed by atoms with Crippen molar-refractivity contribution >= 4 is 23.1 Å². The number of carbonyl (C=O) groups excluding carboxylic acids is 1. The molecule has 0 fully saturated rings. The van der Waals surface area contributed by atoms with Gasteiger partial charge in [0.1, 0.15) is 23.2 Å². The molecule has 7 nitrogen and oxygen atoms in total. The van der Waals surface area contributed by atoms with Gasteiger partial charge in [0.05, 0.1) is 0 Å². The zero-order valence-corrected chi connectivity index (χ0v) is 18.9. The number of carbonyl (C=O) groups is 1. The zero-order valence-electron chi connectivity index (χ0n) is 18.9. The van der Waals surface area contributed by atoms with Crippen molar-refractivity contribution in [3.8, 4) is 17.7 Å². The third-order valence-electron chi connectivity index (χ3n) is 4.77. The number of nitrogens with zero attached hydrogens (tertiary/aromatic N) is 3. The van der Waals surface area contributed by atoms with Crippen LogP contribution in [0.2, 0.25) is 0 Å². The topological polar surface area (TPSA) is 90.3 Å². The Hall–Kier alpha value is -4.05. The first-order valence-corrected chi connectivity index (χ1v) is 10.2. The van der Waals surface area contributed by atoms with Gasteiger partial charge >= 0.3 is 6.03 Å². The van der Waals surface area contributed by atoms with E-state index in [1.807, 2.05) is 73.6 Å². The lowest BCUT2D eigenvalue weighted by atomic mass is 9.86. The smallest absolute Gasteiger partial charge is 0.323 e. The molecule has 32 heavy (non-hydrogen) atoms. The summed E-state index contributed by atoms with van der Waals surface area (Å²) in [5, 5.41) is 14.8. The Morgan fingerprint density at radius 1 is 1.00 bits per heavy atom. The average molecular weight is 430 g/mol. The quantitative estimate of drug-likeness (QED) is 0.539. The van der Waals surface area contributed by atoms with Gasteiger partial charge in [-0.15, -0.1) is 0 Å². The summed E-state index contributed by atoms with van der Waals surface area (Å²) in [5.74, 6) is 0.768. The first-order chi connectivity index (χ1) is 15.2. The fraction of sp³-hybridized carbons (Fsp3) is 0.240. The van der Waals surface area contributed by atoms with E-state index < -0.39 is 6.03 Å². The van der Waals surface area contributed by atoms with E-state index in [1.54, 1.807) is 6.07 Å². The van der Waals surface area contributed by atoms with Crippen molar-refractivity contribution in [2.24, 2.45) is 0 Å². The summed E-state index contributed by atoms with van der Waals surface area (Å²) in [6.07, 6.45) is 0. The van der Waals surface area contributed by atoms with Crippen LogP contribution in [-0.2, 0) is 5.41 Å². The minimum Gasteiger partial charge on any atom is -0.437 e. The van der Waals surface area contributed by atoms with E-state index in [4.69, 9.17) is 4.74 Å². The lowest BCUT2D eigenvalue weighted by Crippen LogP contribution is -2.20. The van der Waals surface area contributed by atoms with Gasteiger partial charge in [-0.25, -0.2) is 9.78 Å². The van der Waals surface area contributed by atoms with Gasteiger partial charge in [0, 0.05) is 31.0 Å². The van der Waals surface area contributed by atoms with E-state index in [0.717, 1.165) is 11.3 Å². The number of hydrogen-bond donors (Lipinski definition) is 2. The zero-order chi connectivity index (χ0) is 23.3. The molecule has 2 amide bonds.